The second-order valence-electron chi connectivity index (χ2n) is 7.91. The van der Waals surface area contributed by atoms with Crippen LogP contribution < -0.4 is 20.6 Å². The molecule has 0 fully saturated rings. The zero-order chi connectivity index (χ0) is 27.3. The van der Waals surface area contributed by atoms with Crippen molar-refractivity contribution in [1.82, 2.24) is 0 Å². The van der Waals surface area contributed by atoms with Gasteiger partial charge >= 0.3 is 0 Å². The lowest BCUT2D eigenvalue weighted by atomic mass is 10.0. The molecule has 0 aliphatic carbocycles. The Morgan fingerprint density at radius 3 is 1.79 bits per heavy atom. The van der Waals surface area contributed by atoms with Crippen molar-refractivity contribution in [3.05, 3.63) is 108 Å². The number of carbonyl (C=O) groups is 2. The summed E-state index contributed by atoms with van der Waals surface area (Å²) >= 11 is 0. The zero-order valence-corrected chi connectivity index (χ0v) is 21.0. The van der Waals surface area contributed by atoms with Gasteiger partial charge in [-0.15, -0.1) is 0 Å². The number of anilines is 2. The van der Waals surface area contributed by atoms with Gasteiger partial charge in [-0.25, -0.2) is 0 Å². The quantitative estimate of drug-likeness (QED) is 0.114. The summed E-state index contributed by atoms with van der Waals surface area (Å²) in [4.78, 5) is 23.8. The first-order valence-corrected chi connectivity index (χ1v) is 11.6. The normalized spacial score (nSPS) is 10.2. The van der Waals surface area contributed by atoms with Crippen molar-refractivity contribution < 1.29 is 19.1 Å². The molecule has 0 saturated carbocycles. The second-order valence-corrected chi connectivity index (χ2v) is 7.91. The summed E-state index contributed by atoms with van der Waals surface area (Å²) in [5, 5.41) is 11.0. The number of nitrogens with one attached hydrogen (secondary N) is 2. The second kappa shape index (κ2) is 13.7. The van der Waals surface area contributed by atoms with Crippen LogP contribution in [0.3, 0.4) is 0 Å². The van der Waals surface area contributed by atoms with Crippen LogP contribution in [0.2, 0.25) is 0 Å². The molecule has 8 heteroatoms. The monoisotopic (exact) mass is 508 g/mol. The van der Waals surface area contributed by atoms with Crippen molar-refractivity contribution in [1.29, 1.82) is 5.41 Å². The molecule has 0 spiro atoms. The Morgan fingerprint density at radius 1 is 0.763 bits per heavy atom. The first-order chi connectivity index (χ1) is 18.4. The third-order valence-electron chi connectivity index (χ3n) is 5.34. The van der Waals surface area contributed by atoms with Crippen LogP contribution in [0.15, 0.2) is 102 Å². The number of nitrogen functional groups attached to an aromatic ring is 1. The van der Waals surface area contributed by atoms with Gasteiger partial charge < -0.3 is 20.6 Å². The van der Waals surface area contributed by atoms with E-state index in [1.165, 1.54) is 6.21 Å². The van der Waals surface area contributed by atoms with Crippen molar-refractivity contribution >= 4 is 35.4 Å². The van der Waals surface area contributed by atoms with Crippen LogP contribution in [0.25, 0.3) is 11.1 Å². The molecule has 192 valence electrons. The molecule has 0 atom stereocenters. The molecular weight excluding hydrogens is 480 g/mol. The fraction of sp³-hybridized carbons (Fsp3) is 0.0667. The van der Waals surface area contributed by atoms with Crippen LogP contribution in [0, 0.1) is 5.41 Å². The predicted octanol–water partition coefficient (Wildman–Crippen LogP) is 5.75. The Balaban J connectivity index is 0.000000375. The third-order valence-corrected chi connectivity index (χ3v) is 5.34. The van der Waals surface area contributed by atoms with Crippen molar-refractivity contribution in [2.75, 3.05) is 25.4 Å². The lowest BCUT2D eigenvalue weighted by Crippen LogP contribution is -2.02. The molecule has 0 aromatic heterocycles. The fourth-order valence-corrected chi connectivity index (χ4v) is 3.31. The van der Waals surface area contributed by atoms with Gasteiger partial charge in [-0.05, 0) is 35.4 Å². The Labute approximate surface area is 221 Å². The van der Waals surface area contributed by atoms with E-state index >= 15 is 0 Å². The van der Waals surface area contributed by atoms with Gasteiger partial charge in [0.1, 0.15) is 11.5 Å². The molecule has 38 heavy (non-hydrogen) atoms. The van der Waals surface area contributed by atoms with Crippen LogP contribution in [-0.4, -0.2) is 38.2 Å². The van der Waals surface area contributed by atoms with E-state index in [0.29, 0.717) is 22.6 Å². The molecule has 4 N–H and O–H groups in total. The van der Waals surface area contributed by atoms with Crippen molar-refractivity contribution in [2.45, 2.75) is 0 Å². The minimum Gasteiger partial charge on any atom is -0.497 e. The summed E-state index contributed by atoms with van der Waals surface area (Å²) in [6.07, 6.45) is 2.02. The van der Waals surface area contributed by atoms with Crippen molar-refractivity contribution in [3.63, 3.8) is 0 Å². The number of Topliss-reactive ketones (excluding diaryl/α,β-unsaturated/α-hetero) is 2. The number of methoxy groups -OCH3 is 2. The number of hydrazone groups is 1. The molecule has 0 unspecified atom stereocenters. The number of ether oxygens (including phenoxy) is 2. The van der Waals surface area contributed by atoms with E-state index < -0.39 is 0 Å². The summed E-state index contributed by atoms with van der Waals surface area (Å²) in [6, 6.07) is 28.7. The van der Waals surface area contributed by atoms with Gasteiger partial charge in [0, 0.05) is 28.9 Å². The largest absolute Gasteiger partial charge is 0.497 e. The predicted molar refractivity (Wildman–Crippen MR) is 152 cm³/mol. The fourth-order valence-electron chi connectivity index (χ4n) is 3.31. The molecule has 0 amide bonds. The van der Waals surface area contributed by atoms with E-state index in [-0.39, 0.29) is 11.6 Å². The number of hydrogen-bond donors (Lipinski definition) is 3. The molecule has 4 rings (SSSR count). The molecule has 8 nitrogen and oxygen atoms in total. The number of hydrogen-bond acceptors (Lipinski definition) is 8. The van der Waals surface area contributed by atoms with Crippen LogP contribution in [0.1, 0.15) is 20.7 Å². The van der Waals surface area contributed by atoms with E-state index in [9.17, 15) is 9.59 Å². The minimum atomic E-state index is -0.334. The number of nitrogens with zero attached hydrogens (tertiary/aromatic N) is 1. The highest BCUT2D eigenvalue weighted by Crippen LogP contribution is 2.21. The van der Waals surface area contributed by atoms with Gasteiger partial charge in [0.15, 0.2) is 0 Å². The van der Waals surface area contributed by atoms with Crippen LogP contribution >= 0.6 is 0 Å². The number of rotatable bonds is 9. The lowest BCUT2D eigenvalue weighted by molar-refractivity contribution is 0.106. The SMILES string of the molecule is COc1cccc(N)c1.COc1cccc(N/N=C/C(=O)c2ccc(-c3ccc(C(=O)C=N)cc3)cc2)c1. The number of ketones is 2. The van der Waals surface area contributed by atoms with Gasteiger partial charge in [0.25, 0.3) is 0 Å². The molecule has 4 aromatic rings. The maximum Gasteiger partial charge on any atom is 0.205 e. The summed E-state index contributed by atoms with van der Waals surface area (Å²) in [5.74, 6) is 0.940. The first-order valence-electron chi connectivity index (χ1n) is 11.6. The number of benzene rings is 4. The standard InChI is InChI=1S/C23H19N3O3.C7H9NO/c1-29-21-4-2-3-20(13-21)26-25-15-23(28)19-11-7-17(8-12-19)16-5-9-18(10-6-16)22(27)14-24;1-9-7-4-2-3-6(8)5-7/h2-15,24,26H,1H3;2-5H,8H2,1H3/b24-14?,25-15+;. The Morgan fingerprint density at radius 2 is 1.29 bits per heavy atom. The third kappa shape index (κ3) is 7.89. The average Bonchev–Trinajstić information content (AvgIpc) is 2.97. The van der Waals surface area contributed by atoms with Gasteiger partial charge in [-0.3, -0.25) is 15.0 Å². The summed E-state index contributed by atoms with van der Waals surface area (Å²) in [5.41, 5.74) is 12.5. The topological polar surface area (TPSA) is 127 Å². The van der Waals surface area contributed by atoms with E-state index in [1.807, 2.05) is 60.7 Å². The zero-order valence-electron chi connectivity index (χ0n) is 21.0. The van der Waals surface area contributed by atoms with Crippen LogP contribution in [0.5, 0.6) is 11.5 Å². The highest BCUT2D eigenvalue weighted by atomic mass is 16.5. The molecule has 0 heterocycles. The highest BCUT2D eigenvalue weighted by Gasteiger charge is 2.06. The summed E-state index contributed by atoms with van der Waals surface area (Å²) in [7, 11) is 3.20. The minimum absolute atomic E-state index is 0.223. The van der Waals surface area contributed by atoms with Gasteiger partial charge in [0.05, 0.1) is 32.3 Å². The van der Waals surface area contributed by atoms with E-state index in [4.69, 9.17) is 20.6 Å². The van der Waals surface area contributed by atoms with Crippen molar-refractivity contribution in [2.24, 2.45) is 5.10 Å². The lowest BCUT2D eigenvalue weighted by Gasteiger charge is -2.04. The maximum atomic E-state index is 12.3. The maximum absolute atomic E-state index is 12.3. The molecule has 0 radical (unpaired) electrons. The van der Waals surface area contributed by atoms with E-state index in [2.05, 4.69) is 10.5 Å². The van der Waals surface area contributed by atoms with Gasteiger partial charge in [-0.2, -0.15) is 5.10 Å². The average molecular weight is 509 g/mol. The van der Waals surface area contributed by atoms with E-state index in [1.54, 1.807) is 50.6 Å². The summed E-state index contributed by atoms with van der Waals surface area (Å²) < 4.78 is 10.1. The molecule has 0 aliphatic heterocycles. The molecule has 0 bridgehead atoms. The van der Waals surface area contributed by atoms with E-state index in [0.717, 1.165) is 28.8 Å². The highest BCUT2D eigenvalue weighted by molar-refractivity contribution is 6.35. The molecule has 0 saturated heterocycles. The van der Waals surface area contributed by atoms with Crippen molar-refractivity contribution in [3.8, 4) is 22.6 Å². The first kappa shape index (κ1) is 27.3. The smallest absolute Gasteiger partial charge is 0.205 e. The van der Waals surface area contributed by atoms with Crippen LogP contribution in [-0.2, 0) is 0 Å². The number of nitrogens with two attached hydrogens (primary N) is 1. The Bertz CT molecular complexity index is 1420. The molecule has 0 aliphatic rings. The molecule has 4 aromatic carbocycles. The van der Waals surface area contributed by atoms with Gasteiger partial charge in [-0.1, -0.05) is 60.7 Å². The Hall–Kier alpha value is -5.24. The van der Waals surface area contributed by atoms with Gasteiger partial charge in [0.2, 0.25) is 11.6 Å². The van der Waals surface area contributed by atoms with Crippen LogP contribution in [0.4, 0.5) is 11.4 Å². The summed E-state index contributed by atoms with van der Waals surface area (Å²) in [6.45, 7) is 0. The Kier molecular flexibility index (Phi) is 9.89. The molecular formula is C30H28N4O4. The number of carbonyl (C=O) groups excluding carboxylic acids is 2.